The molecule has 5 heteroatoms. The largest absolute Gasteiger partial charge is 0.315 e. The van der Waals surface area contributed by atoms with Crippen LogP contribution in [0.15, 0.2) is 12.1 Å². The predicted molar refractivity (Wildman–Crippen MR) is 61.2 cm³/mol. The highest BCUT2D eigenvalue weighted by Crippen LogP contribution is 2.13. The fourth-order valence-electron chi connectivity index (χ4n) is 1.42. The SMILES string of the molecule is CCCNCCNCc1cc(F)c(F)c(F)c1. The summed E-state index contributed by atoms with van der Waals surface area (Å²) >= 11 is 0. The Bertz CT molecular complexity index is 333. The average molecular weight is 246 g/mol. The molecule has 0 saturated heterocycles. The fourth-order valence-corrected chi connectivity index (χ4v) is 1.42. The molecule has 0 aromatic heterocycles. The minimum atomic E-state index is -1.42. The van der Waals surface area contributed by atoms with Crippen molar-refractivity contribution in [2.75, 3.05) is 19.6 Å². The molecule has 17 heavy (non-hydrogen) atoms. The Morgan fingerprint density at radius 1 is 0.941 bits per heavy atom. The van der Waals surface area contributed by atoms with Gasteiger partial charge in [0.15, 0.2) is 17.5 Å². The Hall–Kier alpha value is -1.07. The lowest BCUT2D eigenvalue weighted by Crippen LogP contribution is -2.27. The second kappa shape index (κ2) is 7.29. The van der Waals surface area contributed by atoms with Crippen LogP contribution >= 0.6 is 0 Å². The van der Waals surface area contributed by atoms with E-state index in [0.717, 1.165) is 31.6 Å². The molecular weight excluding hydrogens is 229 g/mol. The third-order valence-corrected chi connectivity index (χ3v) is 2.28. The standard InChI is InChI=1S/C12H17F3N2/c1-2-3-16-4-5-17-8-9-6-10(13)12(15)11(14)7-9/h6-7,16-17H,2-5,8H2,1H3. The topological polar surface area (TPSA) is 24.1 Å². The first-order valence-electron chi connectivity index (χ1n) is 5.70. The lowest BCUT2D eigenvalue weighted by molar-refractivity contribution is 0.444. The molecule has 1 aromatic rings. The van der Waals surface area contributed by atoms with Crippen LogP contribution in [-0.2, 0) is 6.54 Å². The molecule has 2 nitrogen and oxygen atoms in total. The van der Waals surface area contributed by atoms with Crippen molar-refractivity contribution in [2.45, 2.75) is 19.9 Å². The third-order valence-electron chi connectivity index (χ3n) is 2.28. The minimum Gasteiger partial charge on any atom is -0.315 e. The van der Waals surface area contributed by atoms with Gasteiger partial charge in [-0.15, -0.1) is 0 Å². The summed E-state index contributed by atoms with van der Waals surface area (Å²) in [7, 11) is 0. The van der Waals surface area contributed by atoms with E-state index in [4.69, 9.17) is 0 Å². The Kier molecular flexibility index (Phi) is 6.00. The molecule has 0 radical (unpaired) electrons. The number of hydrogen-bond acceptors (Lipinski definition) is 2. The molecule has 2 N–H and O–H groups in total. The summed E-state index contributed by atoms with van der Waals surface area (Å²) in [5.41, 5.74) is 0.400. The molecular formula is C12H17F3N2. The lowest BCUT2D eigenvalue weighted by atomic mass is 10.2. The van der Waals surface area contributed by atoms with Crippen molar-refractivity contribution in [1.82, 2.24) is 10.6 Å². The first kappa shape index (κ1) is 14.0. The van der Waals surface area contributed by atoms with Gasteiger partial charge in [0.1, 0.15) is 0 Å². The number of hydrogen-bond donors (Lipinski definition) is 2. The van der Waals surface area contributed by atoms with E-state index in [1.54, 1.807) is 0 Å². The Morgan fingerprint density at radius 3 is 2.12 bits per heavy atom. The molecule has 0 saturated carbocycles. The zero-order chi connectivity index (χ0) is 12.7. The summed E-state index contributed by atoms with van der Waals surface area (Å²) in [6.07, 6.45) is 1.06. The van der Waals surface area contributed by atoms with Crippen molar-refractivity contribution in [3.05, 3.63) is 35.1 Å². The van der Waals surface area contributed by atoms with Crippen molar-refractivity contribution >= 4 is 0 Å². The van der Waals surface area contributed by atoms with Crippen molar-refractivity contribution < 1.29 is 13.2 Å². The summed E-state index contributed by atoms with van der Waals surface area (Å²) in [6.45, 7) is 4.83. The molecule has 96 valence electrons. The maximum absolute atomic E-state index is 12.9. The minimum absolute atomic E-state index is 0.321. The second-order valence-corrected chi connectivity index (χ2v) is 3.80. The zero-order valence-electron chi connectivity index (χ0n) is 9.82. The fraction of sp³-hybridized carbons (Fsp3) is 0.500. The highest BCUT2D eigenvalue weighted by molar-refractivity contribution is 5.19. The van der Waals surface area contributed by atoms with Gasteiger partial charge < -0.3 is 10.6 Å². The zero-order valence-corrected chi connectivity index (χ0v) is 9.82. The Labute approximate surface area is 99.2 Å². The molecule has 0 aliphatic carbocycles. The maximum atomic E-state index is 12.9. The molecule has 0 heterocycles. The van der Waals surface area contributed by atoms with E-state index >= 15 is 0 Å². The summed E-state index contributed by atoms with van der Waals surface area (Å²) in [4.78, 5) is 0. The molecule has 0 spiro atoms. The average Bonchev–Trinajstić information content (AvgIpc) is 2.30. The predicted octanol–water partition coefficient (Wildman–Crippen LogP) is 2.19. The van der Waals surface area contributed by atoms with Crippen LogP contribution in [-0.4, -0.2) is 19.6 Å². The Balaban J connectivity index is 2.32. The molecule has 0 unspecified atom stereocenters. The first-order valence-corrected chi connectivity index (χ1v) is 5.70. The number of nitrogens with one attached hydrogen (secondary N) is 2. The van der Waals surface area contributed by atoms with Crippen LogP contribution in [0.3, 0.4) is 0 Å². The molecule has 0 fully saturated rings. The van der Waals surface area contributed by atoms with Gasteiger partial charge in [0.05, 0.1) is 0 Å². The molecule has 0 amide bonds. The van der Waals surface area contributed by atoms with Crippen molar-refractivity contribution in [3.8, 4) is 0 Å². The number of halogens is 3. The smallest absolute Gasteiger partial charge is 0.194 e. The first-order chi connectivity index (χ1) is 8.15. The number of rotatable bonds is 7. The third kappa shape index (κ3) is 4.75. The molecule has 1 rings (SSSR count). The van der Waals surface area contributed by atoms with E-state index in [0.29, 0.717) is 18.7 Å². The summed E-state index contributed by atoms with van der Waals surface area (Å²) < 4.78 is 38.4. The van der Waals surface area contributed by atoms with Crippen molar-refractivity contribution in [3.63, 3.8) is 0 Å². The van der Waals surface area contributed by atoms with E-state index in [2.05, 4.69) is 17.6 Å². The van der Waals surface area contributed by atoms with Gasteiger partial charge in [-0.2, -0.15) is 0 Å². The van der Waals surface area contributed by atoms with Gasteiger partial charge in [-0.05, 0) is 30.7 Å². The van der Waals surface area contributed by atoms with Crippen molar-refractivity contribution in [1.29, 1.82) is 0 Å². The molecule has 1 aromatic carbocycles. The molecule has 0 atom stereocenters. The van der Waals surface area contributed by atoms with E-state index in [1.807, 2.05) is 0 Å². The lowest BCUT2D eigenvalue weighted by Gasteiger charge is -2.06. The summed E-state index contributed by atoms with van der Waals surface area (Å²) in [5.74, 6) is -3.71. The highest BCUT2D eigenvalue weighted by Gasteiger charge is 2.09. The second-order valence-electron chi connectivity index (χ2n) is 3.80. The molecule has 0 aliphatic rings. The normalized spacial score (nSPS) is 10.8. The molecule has 0 aliphatic heterocycles. The maximum Gasteiger partial charge on any atom is 0.194 e. The van der Waals surface area contributed by atoms with Gasteiger partial charge in [0.2, 0.25) is 0 Å². The van der Waals surface area contributed by atoms with Gasteiger partial charge >= 0.3 is 0 Å². The molecule has 0 bridgehead atoms. The summed E-state index contributed by atoms with van der Waals surface area (Å²) in [6, 6.07) is 2.01. The van der Waals surface area contributed by atoms with Gasteiger partial charge in [-0.3, -0.25) is 0 Å². The monoisotopic (exact) mass is 246 g/mol. The van der Waals surface area contributed by atoms with E-state index in [9.17, 15) is 13.2 Å². The van der Waals surface area contributed by atoms with Crippen LogP contribution in [0.1, 0.15) is 18.9 Å². The van der Waals surface area contributed by atoms with Gasteiger partial charge in [-0.25, -0.2) is 13.2 Å². The van der Waals surface area contributed by atoms with E-state index < -0.39 is 17.5 Å². The van der Waals surface area contributed by atoms with E-state index in [1.165, 1.54) is 0 Å². The van der Waals surface area contributed by atoms with Crippen molar-refractivity contribution in [2.24, 2.45) is 0 Å². The quantitative estimate of drug-likeness (QED) is 0.569. The van der Waals surface area contributed by atoms with Gasteiger partial charge in [0.25, 0.3) is 0 Å². The van der Waals surface area contributed by atoms with Crippen LogP contribution in [0.4, 0.5) is 13.2 Å². The summed E-state index contributed by atoms with van der Waals surface area (Å²) in [5, 5.41) is 6.20. The number of benzene rings is 1. The van der Waals surface area contributed by atoms with Crippen LogP contribution in [0.2, 0.25) is 0 Å². The van der Waals surface area contributed by atoms with Crippen LogP contribution in [0.25, 0.3) is 0 Å². The Morgan fingerprint density at radius 2 is 1.53 bits per heavy atom. The van der Waals surface area contributed by atoms with Gasteiger partial charge in [-0.1, -0.05) is 6.92 Å². The van der Waals surface area contributed by atoms with Crippen LogP contribution in [0.5, 0.6) is 0 Å². The van der Waals surface area contributed by atoms with Crippen LogP contribution < -0.4 is 10.6 Å². The van der Waals surface area contributed by atoms with Crippen LogP contribution in [0, 0.1) is 17.5 Å². The van der Waals surface area contributed by atoms with E-state index in [-0.39, 0.29) is 0 Å². The van der Waals surface area contributed by atoms with Gasteiger partial charge in [0, 0.05) is 19.6 Å². The highest BCUT2D eigenvalue weighted by atomic mass is 19.2.